The van der Waals surface area contributed by atoms with Crippen LogP contribution in [0.4, 0.5) is 17.1 Å². The van der Waals surface area contributed by atoms with Gasteiger partial charge in [-0.3, -0.25) is 0 Å². The van der Waals surface area contributed by atoms with Gasteiger partial charge in [-0.1, -0.05) is 129 Å². The van der Waals surface area contributed by atoms with Crippen LogP contribution in [0.25, 0.3) is 43.8 Å². The van der Waals surface area contributed by atoms with Gasteiger partial charge in [0.25, 0.3) is 0 Å². The summed E-state index contributed by atoms with van der Waals surface area (Å²) in [6.45, 7) is 4.68. The maximum Gasteiger partial charge on any atom is 0.0468 e. The van der Waals surface area contributed by atoms with E-state index in [9.17, 15) is 0 Å². The quantitative estimate of drug-likeness (QED) is 0.202. The second-order valence-corrected chi connectivity index (χ2v) is 11.8. The average molecular weight is 538 g/mol. The SMILES string of the molecule is CC1(C)c2ccccc2-c2cc(N(c3ccc(-c4ccccc4)cc3)c3ccc4ccc5ccccc5c4c3)ccc21. The van der Waals surface area contributed by atoms with Gasteiger partial charge >= 0.3 is 0 Å². The van der Waals surface area contributed by atoms with Crippen LogP contribution in [0.5, 0.6) is 0 Å². The van der Waals surface area contributed by atoms with Crippen molar-refractivity contribution in [3.05, 3.63) is 163 Å². The fourth-order valence-electron chi connectivity index (χ4n) is 6.86. The second-order valence-electron chi connectivity index (χ2n) is 11.8. The summed E-state index contributed by atoms with van der Waals surface area (Å²) in [7, 11) is 0. The third-order valence-electron chi connectivity index (χ3n) is 9.05. The Kier molecular flexibility index (Phi) is 5.55. The van der Waals surface area contributed by atoms with Gasteiger partial charge in [0.15, 0.2) is 0 Å². The smallest absolute Gasteiger partial charge is 0.0468 e. The zero-order chi connectivity index (χ0) is 28.3. The second kappa shape index (κ2) is 9.46. The summed E-state index contributed by atoms with van der Waals surface area (Å²) >= 11 is 0. The topological polar surface area (TPSA) is 3.24 Å². The lowest BCUT2D eigenvalue weighted by molar-refractivity contribution is 0.660. The number of anilines is 3. The summed E-state index contributed by atoms with van der Waals surface area (Å²) in [6, 6.07) is 55.5. The standard InChI is InChI=1S/C41H31N/c1-41(2)39-15-9-8-14-36(39)38-27-34(24-25-40(38)41)42(32-21-18-29(19-22-32)28-10-4-3-5-11-28)33-23-20-31-17-16-30-12-6-7-13-35(30)37(31)26-33/h3-27H,1-2H3. The van der Waals surface area contributed by atoms with Gasteiger partial charge in [-0.25, -0.2) is 0 Å². The zero-order valence-corrected chi connectivity index (χ0v) is 23.9. The number of fused-ring (bicyclic) bond motifs is 6. The predicted octanol–water partition coefficient (Wildman–Crippen LogP) is 11.4. The molecule has 0 aliphatic heterocycles. The third kappa shape index (κ3) is 3.85. The minimum Gasteiger partial charge on any atom is -0.310 e. The molecular formula is C41H31N. The van der Waals surface area contributed by atoms with Crippen molar-refractivity contribution in [2.45, 2.75) is 19.3 Å². The summed E-state index contributed by atoms with van der Waals surface area (Å²) in [5.74, 6) is 0. The third-order valence-corrected chi connectivity index (χ3v) is 9.05. The Balaban J connectivity index is 1.33. The predicted molar refractivity (Wildman–Crippen MR) is 179 cm³/mol. The lowest BCUT2D eigenvalue weighted by Crippen LogP contribution is -2.15. The van der Waals surface area contributed by atoms with Crippen molar-refractivity contribution in [2.24, 2.45) is 0 Å². The van der Waals surface area contributed by atoms with Gasteiger partial charge in [-0.2, -0.15) is 0 Å². The molecule has 0 saturated carbocycles. The Hall–Kier alpha value is -5.14. The van der Waals surface area contributed by atoms with Crippen LogP contribution < -0.4 is 4.90 Å². The number of hydrogen-bond donors (Lipinski definition) is 0. The molecule has 0 radical (unpaired) electrons. The van der Waals surface area contributed by atoms with Crippen LogP contribution in [-0.2, 0) is 5.41 Å². The van der Waals surface area contributed by atoms with E-state index in [0.717, 1.165) is 17.1 Å². The first-order valence-corrected chi connectivity index (χ1v) is 14.7. The van der Waals surface area contributed by atoms with Crippen molar-refractivity contribution in [2.75, 3.05) is 4.90 Å². The van der Waals surface area contributed by atoms with Gasteiger partial charge in [-0.05, 0) is 91.3 Å². The first-order valence-electron chi connectivity index (χ1n) is 14.7. The van der Waals surface area contributed by atoms with Crippen molar-refractivity contribution in [1.29, 1.82) is 0 Å². The van der Waals surface area contributed by atoms with Crippen LogP contribution in [0, 0.1) is 0 Å². The van der Waals surface area contributed by atoms with Crippen LogP contribution in [0.3, 0.4) is 0 Å². The van der Waals surface area contributed by atoms with Gasteiger partial charge in [0.05, 0.1) is 0 Å². The number of nitrogens with zero attached hydrogens (tertiary/aromatic N) is 1. The highest BCUT2D eigenvalue weighted by atomic mass is 15.1. The summed E-state index contributed by atoms with van der Waals surface area (Å²) < 4.78 is 0. The molecule has 0 heterocycles. The lowest BCUT2D eigenvalue weighted by atomic mass is 9.82. The molecule has 0 amide bonds. The van der Waals surface area contributed by atoms with E-state index in [2.05, 4.69) is 170 Å². The van der Waals surface area contributed by atoms with Crippen LogP contribution in [0.2, 0.25) is 0 Å². The molecular weight excluding hydrogens is 506 g/mol. The Morgan fingerprint density at radius 3 is 1.81 bits per heavy atom. The number of hydrogen-bond acceptors (Lipinski definition) is 1. The minimum atomic E-state index is -0.0194. The van der Waals surface area contributed by atoms with Crippen LogP contribution in [0.15, 0.2) is 152 Å². The van der Waals surface area contributed by atoms with E-state index in [-0.39, 0.29) is 5.41 Å². The Morgan fingerprint density at radius 1 is 0.405 bits per heavy atom. The maximum atomic E-state index is 2.41. The van der Waals surface area contributed by atoms with E-state index in [0.29, 0.717) is 0 Å². The molecule has 0 unspecified atom stereocenters. The molecule has 7 aromatic rings. The molecule has 0 bridgehead atoms. The van der Waals surface area contributed by atoms with Gasteiger partial charge in [0, 0.05) is 22.5 Å². The van der Waals surface area contributed by atoms with E-state index < -0.39 is 0 Å². The molecule has 1 aliphatic rings. The van der Waals surface area contributed by atoms with E-state index in [1.165, 1.54) is 54.9 Å². The van der Waals surface area contributed by atoms with E-state index >= 15 is 0 Å². The normalized spacial score (nSPS) is 13.2. The minimum absolute atomic E-state index is 0.0194. The monoisotopic (exact) mass is 537 g/mol. The molecule has 42 heavy (non-hydrogen) atoms. The van der Waals surface area contributed by atoms with Crippen LogP contribution in [0.1, 0.15) is 25.0 Å². The highest BCUT2D eigenvalue weighted by Gasteiger charge is 2.35. The molecule has 0 spiro atoms. The van der Waals surface area contributed by atoms with Gasteiger partial charge in [0.2, 0.25) is 0 Å². The maximum absolute atomic E-state index is 2.41. The molecule has 0 fully saturated rings. The summed E-state index contributed by atoms with van der Waals surface area (Å²) in [5.41, 5.74) is 11.3. The molecule has 1 aliphatic carbocycles. The fourth-order valence-corrected chi connectivity index (χ4v) is 6.86. The molecule has 1 nitrogen and oxygen atoms in total. The number of rotatable bonds is 4. The van der Waals surface area contributed by atoms with Crippen LogP contribution >= 0.6 is 0 Å². The summed E-state index contributed by atoms with van der Waals surface area (Å²) in [5, 5.41) is 5.06. The van der Waals surface area contributed by atoms with Gasteiger partial charge in [0.1, 0.15) is 0 Å². The molecule has 1 heteroatoms. The van der Waals surface area contributed by atoms with Crippen molar-refractivity contribution in [3.63, 3.8) is 0 Å². The van der Waals surface area contributed by atoms with Gasteiger partial charge in [-0.15, -0.1) is 0 Å². The Morgan fingerprint density at radius 2 is 0.976 bits per heavy atom. The van der Waals surface area contributed by atoms with E-state index in [1.54, 1.807) is 0 Å². The average Bonchev–Trinajstić information content (AvgIpc) is 3.28. The molecule has 8 rings (SSSR count). The van der Waals surface area contributed by atoms with Crippen molar-refractivity contribution in [1.82, 2.24) is 0 Å². The Bertz CT molecular complexity index is 2100. The molecule has 200 valence electrons. The molecule has 0 saturated heterocycles. The largest absolute Gasteiger partial charge is 0.310 e. The molecule has 7 aromatic carbocycles. The Labute approximate surface area is 247 Å². The van der Waals surface area contributed by atoms with Gasteiger partial charge < -0.3 is 4.90 Å². The number of benzene rings is 7. The summed E-state index contributed by atoms with van der Waals surface area (Å²) in [6.07, 6.45) is 0. The first-order chi connectivity index (χ1) is 20.6. The molecule has 0 N–H and O–H groups in total. The summed E-state index contributed by atoms with van der Waals surface area (Å²) in [4.78, 5) is 2.41. The highest BCUT2D eigenvalue weighted by Crippen LogP contribution is 2.50. The molecule has 0 atom stereocenters. The molecule has 0 aromatic heterocycles. The fraction of sp³-hybridized carbons (Fsp3) is 0.0732. The van der Waals surface area contributed by atoms with E-state index in [4.69, 9.17) is 0 Å². The van der Waals surface area contributed by atoms with Crippen molar-refractivity contribution >= 4 is 38.6 Å². The van der Waals surface area contributed by atoms with Crippen molar-refractivity contribution < 1.29 is 0 Å². The van der Waals surface area contributed by atoms with E-state index in [1.807, 2.05) is 0 Å². The van der Waals surface area contributed by atoms with Crippen molar-refractivity contribution in [3.8, 4) is 22.3 Å². The highest BCUT2D eigenvalue weighted by molar-refractivity contribution is 6.09. The lowest BCUT2D eigenvalue weighted by Gasteiger charge is -2.27. The van der Waals surface area contributed by atoms with Crippen LogP contribution in [-0.4, -0.2) is 0 Å². The zero-order valence-electron chi connectivity index (χ0n) is 23.9. The first kappa shape index (κ1) is 24.6.